The molecule has 0 atom stereocenters. The number of fused-ring (bicyclic) bond motifs is 1. The van der Waals surface area contributed by atoms with E-state index in [0.717, 1.165) is 16.8 Å². The first-order valence-electron chi connectivity index (χ1n) is 10.5. The van der Waals surface area contributed by atoms with Crippen LogP contribution in [0.3, 0.4) is 0 Å². The number of nitrogens with one attached hydrogen (secondary N) is 1. The Morgan fingerprint density at radius 3 is 2.71 bits per heavy atom. The van der Waals surface area contributed by atoms with E-state index in [1.807, 2.05) is 60.0 Å². The van der Waals surface area contributed by atoms with Crippen LogP contribution in [0.2, 0.25) is 5.02 Å². The minimum atomic E-state index is -0.243. The van der Waals surface area contributed by atoms with Crippen LogP contribution in [0.15, 0.2) is 71.9 Å². The first-order valence-corrected chi connectivity index (χ1v) is 11.9. The topological polar surface area (TPSA) is 86.1 Å². The van der Waals surface area contributed by atoms with Gasteiger partial charge in [-0.25, -0.2) is 0 Å². The minimum Gasteiger partial charge on any atom is -0.482 e. The fourth-order valence-electron chi connectivity index (χ4n) is 3.65. The Balaban J connectivity index is 1.44. The first-order chi connectivity index (χ1) is 16.5. The van der Waals surface area contributed by atoms with Gasteiger partial charge in [0, 0.05) is 16.1 Å². The third kappa shape index (κ3) is 4.42. The molecule has 0 bridgehead atoms. The number of amides is 1. The lowest BCUT2D eigenvalue weighted by Gasteiger charge is -2.18. The Kier molecular flexibility index (Phi) is 6.08. The van der Waals surface area contributed by atoms with Gasteiger partial charge in [0.05, 0.1) is 17.1 Å². The van der Waals surface area contributed by atoms with Crippen LogP contribution in [0.4, 0.5) is 5.69 Å². The highest BCUT2D eigenvalue weighted by Gasteiger charge is 2.21. The van der Waals surface area contributed by atoms with Crippen molar-refractivity contribution in [1.82, 2.24) is 14.8 Å². The minimum absolute atomic E-state index is 0.0271. The lowest BCUT2D eigenvalue weighted by Crippen LogP contribution is -2.25. The van der Waals surface area contributed by atoms with E-state index in [-0.39, 0.29) is 24.1 Å². The zero-order chi connectivity index (χ0) is 23.7. The van der Waals surface area contributed by atoms with Crippen LogP contribution >= 0.6 is 23.4 Å². The molecule has 0 spiro atoms. The van der Waals surface area contributed by atoms with Crippen molar-refractivity contribution >= 4 is 40.7 Å². The van der Waals surface area contributed by atoms with Crippen LogP contribution < -0.4 is 10.1 Å². The molecular formula is C25H19ClN4O3S. The predicted octanol–water partition coefficient (Wildman–Crippen LogP) is 5.20. The number of hydrogen-bond donors (Lipinski definition) is 1. The van der Waals surface area contributed by atoms with Crippen LogP contribution in [0.5, 0.6) is 5.75 Å². The number of hydrogen-bond acceptors (Lipinski definition) is 6. The van der Waals surface area contributed by atoms with E-state index in [4.69, 9.17) is 16.3 Å². The summed E-state index contributed by atoms with van der Waals surface area (Å²) in [6, 6.07) is 20.4. The molecule has 1 N–H and O–H groups in total. The highest BCUT2D eigenvalue weighted by molar-refractivity contribution is 7.99. The fourth-order valence-corrected chi connectivity index (χ4v) is 4.62. The van der Waals surface area contributed by atoms with Gasteiger partial charge in [-0.3, -0.25) is 14.2 Å². The van der Waals surface area contributed by atoms with Gasteiger partial charge in [0.2, 0.25) is 0 Å². The second-order valence-electron chi connectivity index (χ2n) is 7.69. The third-order valence-corrected chi connectivity index (χ3v) is 6.54. The number of Topliss-reactive ketones (excluding diaryl/α,β-unsaturated/α-hetero) is 1. The highest BCUT2D eigenvalue weighted by atomic mass is 35.5. The molecule has 0 saturated heterocycles. The smallest absolute Gasteiger partial charge is 0.262 e. The Bertz CT molecular complexity index is 1400. The molecular weight excluding hydrogens is 472 g/mol. The maximum absolute atomic E-state index is 13.0. The molecule has 0 saturated carbocycles. The van der Waals surface area contributed by atoms with Crippen molar-refractivity contribution in [2.24, 2.45) is 0 Å². The largest absolute Gasteiger partial charge is 0.482 e. The Hall–Kier alpha value is -3.62. The summed E-state index contributed by atoms with van der Waals surface area (Å²) < 4.78 is 7.33. The standard InChI is InChI=1S/C25H19ClN4O3S/c1-15-4-2-3-5-20(15)30-24(16-6-9-18(26)10-7-16)28-29-25(30)34-14-21(31)17-8-11-22-19(12-17)27-23(32)13-33-22/h2-12H,13-14H2,1H3,(H,27,32). The molecule has 1 amide bonds. The summed E-state index contributed by atoms with van der Waals surface area (Å²) in [4.78, 5) is 24.6. The van der Waals surface area contributed by atoms with Gasteiger partial charge in [0.25, 0.3) is 5.91 Å². The highest BCUT2D eigenvalue weighted by Crippen LogP contribution is 2.32. The number of thioether (sulfide) groups is 1. The molecule has 170 valence electrons. The zero-order valence-corrected chi connectivity index (χ0v) is 19.7. The van der Waals surface area contributed by atoms with Gasteiger partial charge in [-0.2, -0.15) is 0 Å². The lowest BCUT2D eigenvalue weighted by atomic mass is 10.1. The molecule has 3 aromatic carbocycles. The summed E-state index contributed by atoms with van der Waals surface area (Å²) in [5.41, 5.74) is 3.83. The normalized spacial score (nSPS) is 12.6. The summed E-state index contributed by atoms with van der Waals surface area (Å²) >= 11 is 7.37. The lowest BCUT2D eigenvalue weighted by molar-refractivity contribution is -0.118. The number of carbonyl (C=O) groups is 2. The molecule has 5 rings (SSSR count). The number of para-hydroxylation sites is 1. The van der Waals surface area contributed by atoms with E-state index in [0.29, 0.717) is 33.0 Å². The number of nitrogens with zero attached hydrogens (tertiary/aromatic N) is 3. The van der Waals surface area contributed by atoms with Gasteiger partial charge < -0.3 is 10.1 Å². The SMILES string of the molecule is Cc1ccccc1-n1c(SCC(=O)c2ccc3c(c2)NC(=O)CO3)nnc1-c1ccc(Cl)cc1. The van der Waals surface area contributed by atoms with Gasteiger partial charge >= 0.3 is 0 Å². The molecule has 2 heterocycles. The summed E-state index contributed by atoms with van der Waals surface area (Å²) in [5, 5.41) is 12.8. The van der Waals surface area contributed by atoms with E-state index < -0.39 is 0 Å². The summed E-state index contributed by atoms with van der Waals surface area (Å²) in [5.74, 6) is 1.02. The molecule has 9 heteroatoms. The monoisotopic (exact) mass is 490 g/mol. The Morgan fingerprint density at radius 1 is 1.12 bits per heavy atom. The first kappa shape index (κ1) is 22.2. The average Bonchev–Trinajstić information content (AvgIpc) is 3.26. The summed E-state index contributed by atoms with van der Waals surface area (Å²) in [6.07, 6.45) is 0. The van der Waals surface area contributed by atoms with E-state index in [9.17, 15) is 9.59 Å². The van der Waals surface area contributed by atoms with Gasteiger partial charge in [-0.05, 0) is 61.0 Å². The Morgan fingerprint density at radius 2 is 1.91 bits per heavy atom. The van der Waals surface area contributed by atoms with Crippen molar-refractivity contribution in [3.63, 3.8) is 0 Å². The van der Waals surface area contributed by atoms with Crippen LogP contribution in [-0.2, 0) is 4.79 Å². The number of rotatable bonds is 6. The maximum atomic E-state index is 13.0. The number of aryl methyl sites for hydroxylation is 1. The number of halogens is 1. The van der Waals surface area contributed by atoms with Crippen molar-refractivity contribution in [2.45, 2.75) is 12.1 Å². The number of anilines is 1. The summed E-state index contributed by atoms with van der Waals surface area (Å²) in [7, 11) is 0. The van der Waals surface area contributed by atoms with Crippen molar-refractivity contribution < 1.29 is 14.3 Å². The van der Waals surface area contributed by atoms with E-state index in [1.54, 1.807) is 18.2 Å². The average molecular weight is 491 g/mol. The molecule has 4 aromatic rings. The molecule has 34 heavy (non-hydrogen) atoms. The van der Waals surface area contributed by atoms with Gasteiger partial charge in [-0.15, -0.1) is 10.2 Å². The third-order valence-electron chi connectivity index (χ3n) is 5.36. The maximum Gasteiger partial charge on any atom is 0.262 e. The number of ether oxygens (including phenoxy) is 1. The number of ketones is 1. The number of aromatic nitrogens is 3. The predicted molar refractivity (Wildman–Crippen MR) is 132 cm³/mol. The van der Waals surface area contributed by atoms with Crippen LogP contribution in [0, 0.1) is 6.92 Å². The molecule has 0 radical (unpaired) electrons. The molecule has 0 aliphatic carbocycles. The number of carbonyl (C=O) groups excluding carboxylic acids is 2. The molecule has 1 aliphatic heterocycles. The molecule has 0 fully saturated rings. The van der Waals surface area contributed by atoms with E-state index in [1.165, 1.54) is 11.8 Å². The second-order valence-corrected chi connectivity index (χ2v) is 9.07. The number of benzene rings is 3. The van der Waals surface area contributed by atoms with Crippen LogP contribution in [-0.4, -0.2) is 38.8 Å². The van der Waals surface area contributed by atoms with E-state index in [2.05, 4.69) is 15.5 Å². The second kappa shape index (κ2) is 9.32. The van der Waals surface area contributed by atoms with Crippen LogP contribution in [0.1, 0.15) is 15.9 Å². The van der Waals surface area contributed by atoms with Crippen molar-refractivity contribution in [1.29, 1.82) is 0 Å². The zero-order valence-electron chi connectivity index (χ0n) is 18.1. The van der Waals surface area contributed by atoms with Gasteiger partial charge in [0.15, 0.2) is 23.4 Å². The molecule has 0 unspecified atom stereocenters. The van der Waals surface area contributed by atoms with Crippen molar-refractivity contribution in [3.8, 4) is 22.8 Å². The molecule has 1 aromatic heterocycles. The van der Waals surface area contributed by atoms with Crippen molar-refractivity contribution in [2.75, 3.05) is 17.7 Å². The fraction of sp³-hybridized carbons (Fsp3) is 0.120. The summed E-state index contributed by atoms with van der Waals surface area (Å²) in [6.45, 7) is 1.99. The quantitative estimate of drug-likeness (QED) is 0.295. The van der Waals surface area contributed by atoms with Crippen LogP contribution in [0.25, 0.3) is 17.1 Å². The van der Waals surface area contributed by atoms with E-state index >= 15 is 0 Å². The Labute approximate surface area is 205 Å². The van der Waals surface area contributed by atoms with Gasteiger partial charge in [-0.1, -0.05) is 41.6 Å². The van der Waals surface area contributed by atoms with Gasteiger partial charge in [0.1, 0.15) is 5.75 Å². The molecule has 1 aliphatic rings. The molecule has 7 nitrogen and oxygen atoms in total. The van der Waals surface area contributed by atoms with Crippen molar-refractivity contribution in [3.05, 3.63) is 82.9 Å².